The van der Waals surface area contributed by atoms with Crippen molar-refractivity contribution in [3.63, 3.8) is 0 Å². The molecule has 0 spiro atoms. The number of nitrogens with one attached hydrogen (secondary N) is 1. The second kappa shape index (κ2) is 7.23. The maximum absolute atomic E-state index is 13.2. The normalized spacial score (nSPS) is 19.4. The van der Waals surface area contributed by atoms with E-state index in [0.29, 0.717) is 11.1 Å². The Labute approximate surface area is 164 Å². The van der Waals surface area contributed by atoms with Gasteiger partial charge in [-0.2, -0.15) is 0 Å². The number of aryl methyl sites for hydroxylation is 1. The van der Waals surface area contributed by atoms with Crippen LogP contribution in [0.15, 0.2) is 48.5 Å². The second-order valence-electron chi connectivity index (χ2n) is 7.87. The largest absolute Gasteiger partial charge is 0.347 e. The van der Waals surface area contributed by atoms with E-state index >= 15 is 0 Å². The van der Waals surface area contributed by atoms with Crippen molar-refractivity contribution in [2.24, 2.45) is 5.92 Å². The molecule has 1 aliphatic carbocycles. The van der Waals surface area contributed by atoms with Crippen LogP contribution in [0, 0.1) is 5.92 Å². The molecule has 2 aliphatic rings. The third-order valence-electron chi connectivity index (χ3n) is 5.69. The van der Waals surface area contributed by atoms with E-state index in [4.69, 9.17) is 0 Å². The van der Waals surface area contributed by atoms with Crippen LogP contribution < -0.4 is 5.32 Å². The van der Waals surface area contributed by atoms with E-state index in [2.05, 4.69) is 11.4 Å². The molecule has 3 amide bonds. The number of hydrogen-bond acceptors (Lipinski definition) is 3. The Morgan fingerprint density at radius 3 is 2.25 bits per heavy atom. The monoisotopic (exact) mass is 376 g/mol. The van der Waals surface area contributed by atoms with Gasteiger partial charge in [0.15, 0.2) is 0 Å². The predicted octanol–water partition coefficient (Wildman–Crippen LogP) is 3.50. The highest BCUT2D eigenvalue weighted by atomic mass is 16.2. The third kappa shape index (κ3) is 3.01. The van der Waals surface area contributed by atoms with Crippen molar-refractivity contribution >= 4 is 17.7 Å². The van der Waals surface area contributed by atoms with Crippen LogP contribution in [0.3, 0.4) is 0 Å². The summed E-state index contributed by atoms with van der Waals surface area (Å²) in [5, 5.41) is 3.12. The molecule has 5 nitrogen and oxygen atoms in total. The summed E-state index contributed by atoms with van der Waals surface area (Å²) in [7, 11) is 0. The van der Waals surface area contributed by atoms with E-state index in [-0.39, 0.29) is 17.9 Å². The Morgan fingerprint density at radius 1 is 1.00 bits per heavy atom. The zero-order chi connectivity index (χ0) is 19.8. The van der Waals surface area contributed by atoms with Crippen molar-refractivity contribution in [2.45, 2.75) is 45.2 Å². The molecular formula is C23H24N2O3. The lowest BCUT2D eigenvalue weighted by atomic mass is 9.87. The molecule has 0 aromatic heterocycles. The Kier molecular flexibility index (Phi) is 4.75. The van der Waals surface area contributed by atoms with Gasteiger partial charge in [0.1, 0.15) is 6.04 Å². The molecule has 28 heavy (non-hydrogen) atoms. The van der Waals surface area contributed by atoms with Gasteiger partial charge in [-0.15, -0.1) is 0 Å². The number of fused-ring (bicyclic) bond motifs is 2. The predicted molar refractivity (Wildman–Crippen MR) is 106 cm³/mol. The lowest BCUT2D eigenvalue weighted by Crippen LogP contribution is -2.53. The van der Waals surface area contributed by atoms with E-state index in [1.165, 1.54) is 5.56 Å². The van der Waals surface area contributed by atoms with Crippen molar-refractivity contribution < 1.29 is 14.4 Å². The summed E-state index contributed by atoms with van der Waals surface area (Å²) < 4.78 is 0. The standard InChI is InChI=1S/C23H24N2O3/c1-14(2)20(25-22(27)17-11-5-6-12-18(17)23(25)28)21(26)24-19-13-7-9-15-8-3-4-10-16(15)19/h3-6,8,10-12,14,19-20H,7,9,13H2,1-2H3,(H,24,26). The number of benzene rings is 2. The average Bonchev–Trinajstić information content (AvgIpc) is 2.94. The molecule has 0 bridgehead atoms. The Balaban J connectivity index is 1.61. The molecule has 0 saturated carbocycles. The number of carbonyl (C=O) groups excluding carboxylic acids is 3. The van der Waals surface area contributed by atoms with Gasteiger partial charge in [0, 0.05) is 0 Å². The van der Waals surface area contributed by atoms with Crippen molar-refractivity contribution in [1.29, 1.82) is 0 Å². The van der Waals surface area contributed by atoms with Crippen LogP contribution in [0.4, 0.5) is 0 Å². The van der Waals surface area contributed by atoms with Gasteiger partial charge in [0.2, 0.25) is 5.91 Å². The first-order chi connectivity index (χ1) is 13.5. The molecule has 2 aromatic rings. The highest BCUT2D eigenvalue weighted by molar-refractivity contribution is 6.22. The Hall–Kier alpha value is -2.95. The summed E-state index contributed by atoms with van der Waals surface area (Å²) in [6.07, 6.45) is 2.87. The Morgan fingerprint density at radius 2 is 1.61 bits per heavy atom. The molecule has 0 fully saturated rings. The number of imide groups is 1. The first-order valence-electron chi connectivity index (χ1n) is 9.84. The molecule has 4 rings (SSSR count). The fourth-order valence-electron chi connectivity index (χ4n) is 4.34. The SMILES string of the molecule is CC(C)C(C(=O)NC1CCCc2ccccc21)N1C(=O)c2ccccc2C1=O. The molecular weight excluding hydrogens is 352 g/mol. The lowest BCUT2D eigenvalue weighted by Gasteiger charge is -2.32. The van der Waals surface area contributed by atoms with E-state index < -0.39 is 17.9 Å². The molecule has 0 radical (unpaired) electrons. The second-order valence-corrected chi connectivity index (χ2v) is 7.87. The van der Waals surface area contributed by atoms with Gasteiger partial charge in [-0.1, -0.05) is 50.2 Å². The van der Waals surface area contributed by atoms with E-state index in [9.17, 15) is 14.4 Å². The van der Waals surface area contributed by atoms with Crippen molar-refractivity contribution in [2.75, 3.05) is 0 Å². The third-order valence-corrected chi connectivity index (χ3v) is 5.69. The van der Waals surface area contributed by atoms with Crippen LogP contribution in [0.5, 0.6) is 0 Å². The minimum absolute atomic E-state index is 0.0890. The highest BCUT2D eigenvalue weighted by Gasteiger charge is 2.44. The van der Waals surface area contributed by atoms with E-state index in [0.717, 1.165) is 29.7 Å². The fraction of sp³-hybridized carbons (Fsp3) is 0.348. The van der Waals surface area contributed by atoms with Gasteiger partial charge in [-0.3, -0.25) is 19.3 Å². The molecule has 144 valence electrons. The van der Waals surface area contributed by atoms with Crippen molar-refractivity contribution in [3.05, 3.63) is 70.8 Å². The van der Waals surface area contributed by atoms with Crippen molar-refractivity contribution in [1.82, 2.24) is 10.2 Å². The van der Waals surface area contributed by atoms with E-state index in [1.54, 1.807) is 24.3 Å². The zero-order valence-corrected chi connectivity index (χ0v) is 16.1. The molecule has 1 heterocycles. The molecule has 2 aromatic carbocycles. The number of nitrogens with zero attached hydrogens (tertiary/aromatic N) is 1. The fourth-order valence-corrected chi connectivity index (χ4v) is 4.34. The number of carbonyl (C=O) groups is 3. The number of hydrogen-bond donors (Lipinski definition) is 1. The smallest absolute Gasteiger partial charge is 0.262 e. The van der Waals surface area contributed by atoms with Crippen LogP contribution in [0.25, 0.3) is 0 Å². The number of rotatable bonds is 4. The van der Waals surface area contributed by atoms with Gasteiger partial charge in [-0.05, 0) is 48.4 Å². The highest BCUT2D eigenvalue weighted by Crippen LogP contribution is 2.31. The summed E-state index contributed by atoms with van der Waals surface area (Å²) in [5.41, 5.74) is 3.12. The minimum atomic E-state index is -0.832. The van der Waals surface area contributed by atoms with Crippen LogP contribution in [-0.4, -0.2) is 28.7 Å². The summed E-state index contributed by atoms with van der Waals surface area (Å²) >= 11 is 0. The van der Waals surface area contributed by atoms with Gasteiger partial charge in [0.25, 0.3) is 11.8 Å². The van der Waals surface area contributed by atoms with Crippen LogP contribution >= 0.6 is 0 Å². The van der Waals surface area contributed by atoms with Crippen LogP contribution in [-0.2, 0) is 11.2 Å². The molecule has 2 unspecified atom stereocenters. The summed E-state index contributed by atoms with van der Waals surface area (Å²) in [6, 6.07) is 14.0. The summed E-state index contributed by atoms with van der Waals surface area (Å²) in [4.78, 5) is 40.1. The lowest BCUT2D eigenvalue weighted by molar-refractivity contribution is -0.127. The molecule has 2 atom stereocenters. The van der Waals surface area contributed by atoms with Gasteiger partial charge < -0.3 is 5.32 Å². The van der Waals surface area contributed by atoms with Gasteiger partial charge in [0.05, 0.1) is 17.2 Å². The first kappa shape index (κ1) is 18.4. The quantitative estimate of drug-likeness (QED) is 0.831. The zero-order valence-electron chi connectivity index (χ0n) is 16.1. The summed E-state index contributed by atoms with van der Waals surface area (Å²) in [6.45, 7) is 3.73. The molecule has 1 aliphatic heterocycles. The number of amides is 3. The summed E-state index contributed by atoms with van der Waals surface area (Å²) in [5.74, 6) is -1.25. The molecule has 0 saturated heterocycles. The first-order valence-corrected chi connectivity index (χ1v) is 9.84. The van der Waals surface area contributed by atoms with Gasteiger partial charge in [-0.25, -0.2) is 0 Å². The molecule has 1 N–H and O–H groups in total. The van der Waals surface area contributed by atoms with Crippen LogP contribution in [0.2, 0.25) is 0 Å². The minimum Gasteiger partial charge on any atom is -0.347 e. The Bertz CT molecular complexity index is 915. The topological polar surface area (TPSA) is 66.5 Å². The maximum atomic E-state index is 13.2. The van der Waals surface area contributed by atoms with Crippen LogP contribution in [0.1, 0.15) is 64.6 Å². The maximum Gasteiger partial charge on any atom is 0.262 e. The average molecular weight is 376 g/mol. The van der Waals surface area contributed by atoms with Crippen molar-refractivity contribution in [3.8, 4) is 0 Å². The molecule has 5 heteroatoms. The van der Waals surface area contributed by atoms with Gasteiger partial charge >= 0.3 is 0 Å². The van der Waals surface area contributed by atoms with E-state index in [1.807, 2.05) is 32.0 Å².